The third-order valence-corrected chi connectivity index (χ3v) is 5.48. The lowest BCUT2D eigenvalue weighted by atomic mass is 10.1. The Balaban J connectivity index is 2.45. The van der Waals surface area contributed by atoms with Crippen molar-refractivity contribution in [2.45, 2.75) is 45.3 Å². The van der Waals surface area contributed by atoms with Crippen LogP contribution in [0.2, 0.25) is 0 Å². The molecule has 3 heteroatoms. The van der Waals surface area contributed by atoms with Crippen molar-refractivity contribution in [2.24, 2.45) is 11.3 Å². The van der Waals surface area contributed by atoms with Crippen molar-refractivity contribution >= 4 is 10.8 Å². The number of nitrogens with zero attached hydrogens (tertiary/aromatic N) is 1. The molecule has 0 radical (unpaired) electrons. The van der Waals surface area contributed by atoms with Gasteiger partial charge < -0.3 is 0 Å². The third-order valence-electron chi connectivity index (χ3n) is 3.21. The maximum atomic E-state index is 11.9. The Kier molecular flexibility index (Phi) is 3.71. The molecule has 1 rings (SSSR count). The fourth-order valence-corrected chi connectivity index (χ4v) is 3.32. The van der Waals surface area contributed by atoms with Crippen LogP contribution in [-0.4, -0.2) is 15.2 Å². The first-order valence-electron chi connectivity index (χ1n) is 5.25. The van der Waals surface area contributed by atoms with Gasteiger partial charge in [0.1, 0.15) is 0 Å². The molecule has 80 valence electrons. The highest BCUT2D eigenvalue weighted by atomic mass is 32.2. The molecule has 1 fully saturated rings. The van der Waals surface area contributed by atoms with Gasteiger partial charge in [0, 0.05) is 28.2 Å². The summed E-state index contributed by atoms with van der Waals surface area (Å²) < 4.78 is 11.9. The SMILES string of the molecule is CC(C)C(C)S(=O)CC1(CC#N)CC1. The van der Waals surface area contributed by atoms with E-state index in [0.717, 1.165) is 18.6 Å². The van der Waals surface area contributed by atoms with Crippen molar-refractivity contribution in [2.75, 3.05) is 5.75 Å². The molecule has 1 aliphatic carbocycles. The van der Waals surface area contributed by atoms with Crippen LogP contribution in [0.15, 0.2) is 0 Å². The summed E-state index contributed by atoms with van der Waals surface area (Å²) in [5, 5.41) is 8.91. The molecule has 0 spiro atoms. The average molecular weight is 213 g/mol. The summed E-state index contributed by atoms with van der Waals surface area (Å²) in [7, 11) is -0.754. The lowest BCUT2D eigenvalue weighted by molar-refractivity contribution is 0.564. The lowest BCUT2D eigenvalue weighted by Crippen LogP contribution is -2.24. The first-order chi connectivity index (χ1) is 6.51. The largest absolute Gasteiger partial charge is 0.259 e. The second-order valence-electron chi connectivity index (χ2n) is 4.81. The van der Waals surface area contributed by atoms with E-state index in [9.17, 15) is 4.21 Å². The van der Waals surface area contributed by atoms with E-state index < -0.39 is 10.8 Å². The van der Waals surface area contributed by atoms with Crippen LogP contribution in [0.25, 0.3) is 0 Å². The number of hydrogen-bond acceptors (Lipinski definition) is 2. The molecule has 2 atom stereocenters. The molecule has 0 bridgehead atoms. The van der Waals surface area contributed by atoms with Gasteiger partial charge in [-0.05, 0) is 24.2 Å². The van der Waals surface area contributed by atoms with E-state index in [0.29, 0.717) is 12.3 Å². The van der Waals surface area contributed by atoms with Crippen molar-refractivity contribution in [3.8, 4) is 6.07 Å². The second-order valence-corrected chi connectivity index (χ2v) is 6.60. The molecular weight excluding hydrogens is 194 g/mol. The standard InChI is InChI=1S/C11H19NOS/c1-9(2)10(3)14(13)8-11(4-5-11)6-7-12/h9-10H,4-6,8H2,1-3H3. The van der Waals surface area contributed by atoms with Gasteiger partial charge in [-0.1, -0.05) is 20.8 Å². The molecule has 2 unspecified atom stereocenters. The molecule has 2 nitrogen and oxygen atoms in total. The Morgan fingerprint density at radius 3 is 2.36 bits per heavy atom. The summed E-state index contributed by atoms with van der Waals surface area (Å²) in [6.45, 7) is 6.25. The number of hydrogen-bond donors (Lipinski definition) is 0. The minimum absolute atomic E-state index is 0.128. The highest BCUT2D eigenvalue weighted by Gasteiger charge is 2.44. The molecule has 0 aliphatic heterocycles. The fourth-order valence-electron chi connectivity index (χ4n) is 1.45. The van der Waals surface area contributed by atoms with Gasteiger partial charge >= 0.3 is 0 Å². The van der Waals surface area contributed by atoms with Gasteiger partial charge in [0.05, 0.1) is 6.07 Å². The Labute approximate surface area is 89.1 Å². The van der Waals surface area contributed by atoms with Crippen LogP contribution in [0.5, 0.6) is 0 Å². The predicted octanol–water partition coefficient (Wildman–Crippen LogP) is 2.47. The van der Waals surface area contributed by atoms with Crippen molar-refractivity contribution < 1.29 is 4.21 Å². The molecule has 0 heterocycles. The fraction of sp³-hybridized carbons (Fsp3) is 0.909. The highest BCUT2D eigenvalue weighted by molar-refractivity contribution is 7.85. The Bertz CT molecular complexity index is 263. The molecule has 0 N–H and O–H groups in total. The summed E-state index contributed by atoms with van der Waals surface area (Å²) in [5.41, 5.74) is 0.128. The molecule has 0 saturated heterocycles. The van der Waals surface area contributed by atoms with E-state index in [1.54, 1.807) is 0 Å². The van der Waals surface area contributed by atoms with Gasteiger partial charge in [0.15, 0.2) is 0 Å². The van der Waals surface area contributed by atoms with Crippen LogP contribution in [-0.2, 0) is 10.8 Å². The summed E-state index contributed by atoms with van der Waals surface area (Å²) in [4.78, 5) is 0. The van der Waals surface area contributed by atoms with Crippen LogP contribution in [0.4, 0.5) is 0 Å². The van der Waals surface area contributed by atoms with E-state index in [4.69, 9.17) is 5.26 Å². The zero-order valence-corrected chi connectivity index (χ0v) is 10.1. The highest BCUT2D eigenvalue weighted by Crippen LogP contribution is 2.49. The van der Waals surface area contributed by atoms with Crippen LogP contribution >= 0.6 is 0 Å². The normalized spacial score (nSPS) is 22.8. The van der Waals surface area contributed by atoms with E-state index in [1.165, 1.54) is 0 Å². The molecule has 1 saturated carbocycles. The first-order valence-corrected chi connectivity index (χ1v) is 6.63. The van der Waals surface area contributed by atoms with E-state index in [1.807, 2.05) is 6.92 Å². The van der Waals surface area contributed by atoms with E-state index in [2.05, 4.69) is 19.9 Å². The van der Waals surface area contributed by atoms with Gasteiger partial charge in [0.25, 0.3) is 0 Å². The molecule has 0 aromatic heterocycles. The van der Waals surface area contributed by atoms with Gasteiger partial charge in [-0.15, -0.1) is 0 Å². The van der Waals surface area contributed by atoms with Crippen molar-refractivity contribution in [1.29, 1.82) is 5.26 Å². The molecule has 0 aromatic carbocycles. The molecule has 0 aromatic rings. The maximum Gasteiger partial charge on any atom is 0.0627 e. The summed E-state index contributed by atoms with van der Waals surface area (Å²) in [5.74, 6) is 1.20. The predicted molar refractivity (Wildman–Crippen MR) is 59.2 cm³/mol. The topological polar surface area (TPSA) is 40.9 Å². The van der Waals surface area contributed by atoms with Crippen molar-refractivity contribution in [3.63, 3.8) is 0 Å². The van der Waals surface area contributed by atoms with Gasteiger partial charge in [-0.3, -0.25) is 4.21 Å². The van der Waals surface area contributed by atoms with Crippen LogP contribution in [0, 0.1) is 22.7 Å². The van der Waals surface area contributed by atoms with Crippen molar-refractivity contribution in [1.82, 2.24) is 0 Å². The minimum atomic E-state index is -0.754. The number of nitriles is 1. The quantitative estimate of drug-likeness (QED) is 0.704. The minimum Gasteiger partial charge on any atom is -0.259 e. The summed E-state index contributed by atoms with van der Waals surface area (Å²) in [6, 6.07) is 2.21. The van der Waals surface area contributed by atoms with Gasteiger partial charge in [-0.25, -0.2) is 0 Å². The van der Waals surface area contributed by atoms with Crippen LogP contribution in [0.3, 0.4) is 0 Å². The maximum absolute atomic E-state index is 11.9. The Morgan fingerprint density at radius 1 is 1.43 bits per heavy atom. The van der Waals surface area contributed by atoms with E-state index in [-0.39, 0.29) is 10.7 Å². The smallest absolute Gasteiger partial charge is 0.0627 e. The summed E-state index contributed by atoms with van der Waals surface area (Å²) in [6.07, 6.45) is 2.78. The molecule has 1 aliphatic rings. The van der Waals surface area contributed by atoms with E-state index >= 15 is 0 Å². The Hall–Kier alpha value is -0.360. The Morgan fingerprint density at radius 2 is 2.00 bits per heavy atom. The second kappa shape index (κ2) is 4.44. The summed E-state index contributed by atoms with van der Waals surface area (Å²) >= 11 is 0. The van der Waals surface area contributed by atoms with Gasteiger partial charge in [0.2, 0.25) is 0 Å². The third kappa shape index (κ3) is 2.81. The average Bonchev–Trinajstić information content (AvgIpc) is 2.84. The first kappa shape index (κ1) is 11.7. The van der Waals surface area contributed by atoms with Crippen molar-refractivity contribution in [3.05, 3.63) is 0 Å². The number of rotatable bonds is 5. The molecular formula is C11H19NOS. The molecule has 14 heavy (non-hydrogen) atoms. The molecule has 0 amide bonds. The van der Waals surface area contributed by atoms with Crippen LogP contribution in [0.1, 0.15) is 40.0 Å². The zero-order valence-electron chi connectivity index (χ0n) is 9.25. The van der Waals surface area contributed by atoms with Gasteiger partial charge in [-0.2, -0.15) is 5.26 Å². The lowest BCUT2D eigenvalue weighted by Gasteiger charge is -2.18. The van der Waals surface area contributed by atoms with Crippen LogP contribution < -0.4 is 0 Å². The monoisotopic (exact) mass is 213 g/mol. The zero-order chi connectivity index (χ0) is 10.8.